The van der Waals surface area contributed by atoms with Gasteiger partial charge in [-0.25, -0.2) is 8.78 Å². The zero-order valence-electron chi connectivity index (χ0n) is 19.5. The molecule has 0 bridgehead atoms. The van der Waals surface area contributed by atoms with Gasteiger partial charge in [0.1, 0.15) is 0 Å². The molecule has 2 fully saturated rings. The zero-order valence-corrected chi connectivity index (χ0v) is 19.5. The van der Waals surface area contributed by atoms with Crippen LogP contribution in [0.2, 0.25) is 0 Å². The molecule has 1 aliphatic carbocycles. The number of aliphatic hydroxyl groups excluding tert-OH is 1. The molecule has 1 unspecified atom stereocenters. The predicted octanol–water partition coefficient (Wildman–Crippen LogP) is 6.09. The van der Waals surface area contributed by atoms with Gasteiger partial charge in [-0.2, -0.15) is 0 Å². The molecule has 2 N–H and O–H groups in total. The molecule has 2 rings (SSSR count). The van der Waals surface area contributed by atoms with E-state index in [1.165, 1.54) is 0 Å². The molecule has 0 amide bonds. The molecule has 186 valence electrons. The van der Waals surface area contributed by atoms with Gasteiger partial charge < -0.3 is 19.7 Å². The van der Waals surface area contributed by atoms with E-state index in [1.54, 1.807) is 6.92 Å². The van der Waals surface area contributed by atoms with E-state index in [0.717, 1.165) is 25.7 Å². The summed E-state index contributed by atoms with van der Waals surface area (Å²) < 4.78 is 39.7. The normalized spacial score (nSPS) is 29.1. The molecule has 7 heteroatoms. The van der Waals surface area contributed by atoms with Gasteiger partial charge in [-0.1, -0.05) is 31.9 Å². The Labute approximate surface area is 191 Å². The molecule has 0 aromatic rings. The third kappa shape index (κ3) is 9.84. The summed E-state index contributed by atoms with van der Waals surface area (Å²) in [5, 5.41) is 19.5. The number of ether oxygens (including phenoxy) is 2. The van der Waals surface area contributed by atoms with Gasteiger partial charge in [0.15, 0.2) is 6.29 Å². The van der Waals surface area contributed by atoms with Gasteiger partial charge in [-0.15, -0.1) is 0 Å². The van der Waals surface area contributed by atoms with Gasteiger partial charge in [0.2, 0.25) is 5.92 Å². The minimum atomic E-state index is -2.59. The minimum Gasteiger partial charge on any atom is -0.481 e. The predicted molar refractivity (Wildman–Crippen MR) is 120 cm³/mol. The van der Waals surface area contributed by atoms with Gasteiger partial charge in [-0.05, 0) is 63.2 Å². The van der Waals surface area contributed by atoms with Crippen molar-refractivity contribution in [2.75, 3.05) is 6.61 Å². The topological polar surface area (TPSA) is 76.0 Å². The smallest absolute Gasteiger partial charge is 0.303 e. The molecule has 5 nitrogen and oxygen atoms in total. The van der Waals surface area contributed by atoms with Crippen molar-refractivity contribution in [1.82, 2.24) is 0 Å². The lowest BCUT2D eigenvalue weighted by Gasteiger charge is -2.30. The van der Waals surface area contributed by atoms with Gasteiger partial charge >= 0.3 is 5.97 Å². The van der Waals surface area contributed by atoms with Crippen LogP contribution in [0.3, 0.4) is 0 Å². The van der Waals surface area contributed by atoms with Crippen molar-refractivity contribution in [2.24, 2.45) is 11.8 Å². The van der Waals surface area contributed by atoms with Crippen molar-refractivity contribution in [3.63, 3.8) is 0 Å². The van der Waals surface area contributed by atoms with E-state index < -0.39 is 18.0 Å². The van der Waals surface area contributed by atoms with Gasteiger partial charge in [0, 0.05) is 32.3 Å². The van der Waals surface area contributed by atoms with Crippen LogP contribution in [0.25, 0.3) is 0 Å². The molecular weight excluding hydrogens is 418 g/mol. The SMILES string of the molecule is CCCC(F)(F)CCCC[C@@H]1[C@@H](C/C=C\CCCC(=O)O)[C@@H](O)C[C@H]1OC1CCCCO1. The van der Waals surface area contributed by atoms with Crippen molar-refractivity contribution in [3.8, 4) is 0 Å². The number of carbonyl (C=O) groups is 1. The van der Waals surface area contributed by atoms with E-state index in [2.05, 4.69) is 0 Å². The quantitative estimate of drug-likeness (QED) is 0.228. The fraction of sp³-hybridized carbons (Fsp3) is 0.880. The van der Waals surface area contributed by atoms with Crippen LogP contribution in [-0.4, -0.2) is 47.2 Å². The Morgan fingerprint density at radius 3 is 2.66 bits per heavy atom. The fourth-order valence-electron chi connectivity index (χ4n) is 5.05. The number of hydrogen-bond acceptors (Lipinski definition) is 4. The van der Waals surface area contributed by atoms with E-state index in [-0.39, 0.29) is 43.5 Å². The third-order valence-corrected chi connectivity index (χ3v) is 6.74. The molecule has 5 atom stereocenters. The molecule has 1 heterocycles. The summed E-state index contributed by atoms with van der Waals surface area (Å²) in [6.45, 7) is 2.47. The molecule has 0 radical (unpaired) electrons. The minimum absolute atomic E-state index is 0.0236. The molecule has 0 aromatic carbocycles. The molecule has 1 saturated heterocycles. The Balaban J connectivity index is 1.90. The van der Waals surface area contributed by atoms with Crippen molar-refractivity contribution in [2.45, 2.75) is 121 Å². The second kappa shape index (κ2) is 14.3. The average Bonchev–Trinajstić information content (AvgIpc) is 3.02. The summed E-state index contributed by atoms with van der Waals surface area (Å²) in [6.07, 6.45) is 11.1. The first-order valence-corrected chi connectivity index (χ1v) is 12.5. The molecule has 1 aliphatic heterocycles. The maximum absolute atomic E-state index is 13.8. The Bertz CT molecular complexity index is 563. The fourth-order valence-corrected chi connectivity index (χ4v) is 5.05. The Morgan fingerprint density at radius 1 is 1.16 bits per heavy atom. The Hall–Kier alpha value is -1.05. The van der Waals surface area contributed by atoms with Crippen LogP contribution in [-0.2, 0) is 14.3 Å². The summed E-state index contributed by atoms with van der Waals surface area (Å²) in [5.74, 6) is -3.25. The second-order valence-corrected chi connectivity index (χ2v) is 9.45. The lowest BCUT2D eigenvalue weighted by Crippen LogP contribution is -2.31. The van der Waals surface area contributed by atoms with Crippen LogP contribution in [0.15, 0.2) is 12.2 Å². The largest absolute Gasteiger partial charge is 0.481 e. The van der Waals surface area contributed by atoms with E-state index >= 15 is 0 Å². The number of hydrogen-bond donors (Lipinski definition) is 2. The van der Waals surface area contributed by atoms with Crippen molar-refractivity contribution in [3.05, 3.63) is 12.2 Å². The van der Waals surface area contributed by atoms with Crippen LogP contribution in [0.1, 0.15) is 96.8 Å². The monoisotopic (exact) mass is 460 g/mol. The first-order valence-electron chi connectivity index (χ1n) is 12.5. The number of allylic oxidation sites excluding steroid dienone is 2. The Kier molecular flexibility index (Phi) is 12.1. The average molecular weight is 461 g/mol. The van der Waals surface area contributed by atoms with Crippen LogP contribution in [0, 0.1) is 11.8 Å². The summed E-state index contributed by atoms with van der Waals surface area (Å²) in [7, 11) is 0. The van der Waals surface area contributed by atoms with Crippen LogP contribution in [0.5, 0.6) is 0 Å². The third-order valence-electron chi connectivity index (χ3n) is 6.74. The number of rotatable bonds is 15. The van der Waals surface area contributed by atoms with Gasteiger partial charge in [-0.3, -0.25) is 4.79 Å². The first-order chi connectivity index (χ1) is 15.3. The number of unbranched alkanes of at least 4 members (excludes halogenated alkanes) is 2. The van der Waals surface area contributed by atoms with E-state index in [0.29, 0.717) is 51.6 Å². The number of carboxylic acids is 1. The number of carboxylic acid groups (broad SMARTS) is 1. The van der Waals surface area contributed by atoms with Crippen molar-refractivity contribution < 1.29 is 33.3 Å². The van der Waals surface area contributed by atoms with Crippen molar-refractivity contribution >= 4 is 5.97 Å². The zero-order chi connectivity index (χ0) is 23.4. The maximum Gasteiger partial charge on any atom is 0.303 e. The van der Waals surface area contributed by atoms with Crippen LogP contribution >= 0.6 is 0 Å². The van der Waals surface area contributed by atoms with Gasteiger partial charge in [0.05, 0.1) is 12.2 Å². The molecule has 2 aliphatic rings. The highest BCUT2D eigenvalue weighted by molar-refractivity contribution is 5.66. The van der Waals surface area contributed by atoms with Crippen molar-refractivity contribution in [1.29, 1.82) is 0 Å². The molecular formula is C25H42F2O5. The number of alkyl halides is 2. The van der Waals surface area contributed by atoms with E-state index in [4.69, 9.17) is 14.6 Å². The summed E-state index contributed by atoms with van der Waals surface area (Å²) in [6, 6.07) is 0. The molecule has 32 heavy (non-hydrogen) atoms. The highest BCUT2D eigenvalue weighted by Gasteiger charge is 2.43. The number of aliphatic carboxylic acids is 1. The second-order valence-electron chi connectivity index (χ2n) is 9.45. The van der Waals surface area contributed by atoms with E-state index in [9.17, 15) is 18.7 Å². The highest BCUT2D eigenvalue weighted by atomic mass is 19.3. The number of halogens is 2. The first kappa shape index (κ1) is 27.2. The molecule has 0 spiro atoms. The summed E-state index contributed by atoms with van der Waals surface area (Å²) >= 11 is 0. The number of aliphatic hydroxyl groups is 1. The van der Waals surface area contributed by atoms with Crippen LogP contribution in [0.4, 0.5) is 8.78 Å². The Morgan fingerprint density at radius 2 is 1.97 bits per heavy atom. The van der Waals surface area contributed by atoms with Crippen LogP contribution < -0.4 is 0 Å². The summed E-state index contributed by atoms with van der Waals surface area (Å²) in [5.41, 5.74) is 0. The lowest BCUT2D eigenvalue weighted by atomic mass is 9.86. The standard InChI is InChI=1S/C25H42F2O5/c1-2-15-25(26,27)16-9-7-12-20-19(11-5-3-4-6-13-23(29)30)21(28)18-22(20)32-24-14-8-10-17-31-24/h3,5,19-22,24,28H,2,4,6-18H2,1H3,(H,29,30)/b5-3-/t19-,20-,21+,22-,24?/m1/s1. The van der Waals surface area contributed by atoms with E-state index in [1.807, 2.05) is 12.2 Å². The molecule has 0 aromatic heterocycles. The summed E-state index contributed by atoms with van der Waals surface area (Å²) in [4.78, 5) is 10.6. The highest BCUT2D eigenvalue weighted by Crippen LogP contribution is 2.41. The maximum atomic E-state index is 13.8. The lowest BCUT2D eigenvalue weighted by molar-refractivity contribution is -0.196. The molecule has 1 saturated carbocycles. The van der Waals surface area contributed by atoms with Gasteiger partial charge in [0.25, 0.3) is 0 Å².